The number of carbonyl (C=O) groups is 3. The molecule has 7 nitrogen and oxygen atoms in total. The Morgan fingerprint density at radius 2 is 1.61 bits per heavy atom. The van der Waals surface area contributed by atoms with Gasteiger partial charge >= 0.3 is 0 Å². The van der Waals surface area contributed by atoms with Crippen molar-refractivity contribution in [1.82, 2.24) is 10.6 Å². The number of fused-ring (bicyclic) bond motifs is 2. The predicted octanol–water partition coefficient (Wildman–Crippen LogP) is 4.26. The minimum absolute atomic E-state index is 0.00912. The first-order valence-corrected chi connectivity index (χ1v) is 14.4. The molecule has 2 unspecified atom stereocenters. The van der Waals surface area contributed by atoms with Gasteiger partial charge in [0.2, 0.25) is 5.91 Å². The van der Waals surface area contributed by atoms with Crippen LogP contribution in [0.15, 0.2) is 72.8 Å². The van der Waals surface area contributed by atoms with E-state index in [1.54, 1.807) is 19.1 Å². The Morgan fingerprint density at radius 3 is 2.37 bits per heavy atom. The molecule has 0 aliphatic heterocycles. The molecule has 2 aliphatic rings. The van der Waals surface area contributed by atoms with Crippen molar-refractivity contribution in [3.8, 4) is 5.75 Å². The second kappa shape index (κ2) is 12.3. The van der Waals surface area contributed by atoms with Crippen molar-refractivity contribution in [1.29, 1.82) is 0 Å². The number of benzene rings is 3. The van der Waals surface area contributed by atoms with Gasteiger partial charge in [-0.25, -0.2) is 0 Å². The number of nitrogens with one attached hydrogen (secondary N) is 2. The van der Waals surface area contributed by atoms with Crippen LogP contribution in [0.4, 0.5) is 0 Å². The van der Waals surface area contributed by atoms with Crippen LogP contribution < -0.4 is 10.6 Å². The molecule has 0 radical (unpaired) electrons. The summed E-state index contributed by atoms with van der Waals surface area (Å²) < 4.78 is 0. The summed E-state index contributed by atoms with van der Waals surface area (Å²) in [6.45, 7) is 4.04. The standard InChI is InChI=1S/C34H38N2O5/c1-20-9-6-7-12-25(20)19-35-34(41)30-24-16-15-23(18-24)29(30)32(39)31(38)27(17-22-10-4-3-5-11-22)36-33(40)26-13-8-14-28(37)21(26)2/h3-14,23-24,27,29-30,32,37,39H,15-19H2,1-2H3,(H,35,41)(H,36,40)/t23-,24-,27+,29?,30+,32?/m1/s1. The number of rotatable bonds is 10. The number of aromatic hydroxyl groups is 1. The van der Waals surface area contributed by atoms with Crippen molar-refractivity contribution in [3.05, 3.63) is 101 Å². The van der Waals surface area contributed by atoms with Crippen LogP contribution in [0.3, 0.4) is 0 Å². The third kappa shape index (κ3) is 6.05. The van der Waals surface area contributed by atoms with Gasteiger partial charge in [0.05, 0.1) is 6.04 Å². The number of aliphatic hydroxyl groups is 1. The summed E-state index contributed by atoms with van der Waals surface area (Å²) in [5.41, 5.74) is 3.64. The highest BCUT2D eigenvalue weighted by Gasteiger charge is 2.55. The highest BCUT2D eigenvalue weighted by Crippen LogP contribution is 2.53. The molecule has 6 atom stereocenters. The molecule has 2 aliphatic carbocycles. The lowest BCUT2D eigenvalue weighted by atomic mass is 9.73. The molecule has 3 aromatic carbocycles. The van der Waals surface area contributed by atoms with E-state index < -0.39 is 35.7 Å². The van der Waals surface area contributed by atoms with E-state index in [4.69, 9.17) is 0 Å². The Morgan fingerprint density at radius 1 is 0.902 bits per heavy atom. The zero-order chi connectivity index (χ0) is 29.1. The molecule has 2 bridgehead atoms. The van der Waals surface area contributed by atoms with Crippen molar-refractivity contribution >= 4 is 17.6 Å². The molecule has 2 saturated carbocycles. The molecule has 2 amide bonds. The molecule has 214 valence electrons. The topological polar surface area (TPSA) is 116 Å². The molecule has 0 aromatic heterocycles. The molecule has 0 heterocycles. The SMILES string of the molecule is Cc1ccccc1CNC(=O)[C@@H]1C(C(O)C(=O)[C@H](Cc2ccccc2)NC(=O)c2cccc(O)c2C)[C@@H]2CC[C@@H]1C2. The van der Waals surface area contributed by atoms with E-state index in [1.807, 2.05) is 61.5 Å². The van der Waals surface area contributed by atoms with Gasteiger partial charge in [0.15, 0.2) is 5.78 Å². The number of phenols is 1. The number of amides is 2. The molecular formula is C34H38N2O5. The first kappa shape index (κ1) is 28.6. The summed E-state index contributed by atoms with van der Waals surface area (Å²) in [4.78, 5) is 40.8. The van der Waals surface area contributed by atoms with E-state index in [0.29, 0.717) is 12.1 Å². The van der Waals surface area contributed by atoms with Gasteiger partial charge < -0.3 is 20.8 Å². The van der Waals surface area contributed by atoms with Gasteiger partial charge in [0, 0.05) is 29.5 Å². The summed E-state index contributed by atoms with van der Waals surface area (Å²) >= 11 is 0. The quantitative estimate of drug-likeness (QED) is 0.299. The van der Waals surface area contributed by atoms with Crippen LogP contribution in [0.1, 0.15) is 51.9 Å². The molecule has 0 spiro atoms. The number of ketones is 1. The zero-order valence-corrected chi connectivity index (χ0v) is 23.5. The van der Waals surface area contributed by atoms with Crippen molar-refractivity contribution in [2.75, 3.05) is 0 Å². The second-order valence-electron chi connectivity index (χ2n) is 11.6. The lowest BCUT2D eigenvalue weighted by molar-refractivity contribution is -0.139. The van der Waals surface area contributed by atoms with Crippen LogP contribution >= 0.6 is 0 Å². The van der Waals surface area contributed by atoms with E-state index >= 15 is 0 Å². The fourth-order valence-corrected chi connectivity index (χ4v) is 6.86. The number of carbonyl (C=O) groups excluding carboxylic acids is 3. The molecule has 7 heteroatoms. The minimum atomic E-state index is -1.39. The summed E-state index contributed by atoms with van der Waals surface area (Å²) in [6.07, 6.45) is 1.41. The molecule has 3 aromatic rings. The smallest absolute Gasteiger partial charge is 0.252 e. The molecule has 4 N–H and O–H groups in total. The Kier molecular flexibility index (Phi) is 8.54. The number of aryl methyl sites for hydroxylation is 1. The Hall–Kier alpha value is -3.97. The van der Waals surface area contributed by atoms with E-state index in [2.05, 4.69) is 10.6 Å². The van der Waals surface area contributed by atoms with Gasteiger partial charge in [-0.2, -0.15) is 0 Å². The van der Waals surface area contributed by atoms with Crippen LogP contribution in [0.2, 0.25) is 0 Å². The second-order valence-corrected chi connectivity index (χ2v) is 11.6. The van der Waals surface area contributed by atoms with Crippen LogP contribution in [-0.2, 0) is 22.6 Å². The van der Waals surface area contributed by atoms with Gasteiger partial charge in [-0.15, -0.1) is 0 Å². The summed E-state index contributed by atoms with van der Waals surface area (Å²) in [5.74, 6) is -1.89. The van der Waals surface area contributed by atoms with Gasteiger partial charge in [-0.3, -0.25) is 14.4 Å². The van der Waals surface area contributed by atoms with Gasteiger partial charge in [-0.1, -0.05) is 60.7 Å². The van der Waals surface area contributed by atoms with Gasteiger partial charge in [-0.05, 0) is 80.2 Å². The Labute approximate surface area is 241 Å². The molecular weight excluding hydrogens is 516 g/mol. The maximum absolute atomic E-state index is 14.0. The largest absolute Gasteiger partial charge is 0.508 e. The fraction of sp³-hybridized carbons (Fsp3) is 0.382. The van der Waals surface area contributed by atoms with Crippen molar-refractivity contribution in [2.24, 2.45) is 23.7 Å². The van der Waals surface area contributed by atoms with Crippen LogP contribution in [0.25, 0.3) is 0 Å². The number of phenolic OH excluding ortho intramolecular Hbond substituents is 1. The molecule has 0 saturated heterocycles. The van der Waals surface area contributed by atoms with Crippen LogP contribution in [0, 0.1) is 37.5 Å². The monoisotopic (exact) mass is 554 g/mol. The Balaban J connectivity index is 1.36. The van der Waals surface area contributed by atoms with Gasteiger partial charge in [0.1, 0.15) is 11.9 Å². The third-order valence-corrected chi connectivity index (χ3v) is 9.14. The third-order valence-electron chi connectivity index (χ3n) is 9.14. The first-order valence-electron chi connectivity index (χ1n) is 14.4. The number of hydrogen-bond acceptors (Lipinski definition) is 5. The van der Waals surface area contributed by atoms with Crippen LogP contribution in [-0.4, -0.2) is 40.0 Å². The van der Waals surface area contributed by atoms with Crippen LogP contribution in [0.5, 0.6) is 5.75 Å². The lowest BCUT2D eigenvalue weighted by Gasteiger charge is -2.34. The fourth-order valence-electron chi connectivity index (χ4n) is 6.86. The molecule has 41 heavy (non-hydrogen) atoms. The maximum Gasteiger partial charge on any atom is 0.252 e. The zero-order valence-electron chi connectivity index (χ0n) is 23.5. The van der Waals surface area contributed by atoms with Crippen molar-refractivity contribution in [3.63, 3.8) is 0 Å². The average molecular weight is 555 g/mol. The predicted molar refractivity (Wildman–Crippen MR) is 156 cm³/mol. The number of Topliss-reactive ketones (excluding diaryl/α,β-unsaturated/α-hetero) is 1. The minimum Gasteiger partial charge on any atom is -0.508 e. The highest BCUT2D eigenvalue weighted by molar-refractivity contribution is 6.00. The number of aliphatic hydroxyl groups excluding tert-OH is 1. The number of hydrogen-bond donors (Lipinski definition) is 4. The Bertz CT molecular complexity index is 1420. The maximum atomic E-state index is 14.0. The average Bonchev–Trinajstić information content (AvgIpc) is 3.60. The van der Waals surface area contributed by atoms with Crippen molar-refractivity contribution < 1.29 is 24.6 Å². The van der Waals surface area contributed by atoms with Gasteiger partial charge in [0.25, 0.3) is 5.91 Å². The summed E-state index contributed by atoms with van der Waals surface area (Å²) in [7, 11) is 0. The van der Waals surface area contributed by atoms with E-state index in [1.165, 1.54) is 6.07 Å². The van der Waals surface area contributed by atoms with E-state index in [-0.39, 0.29) is 35.5 Å². The van der Waals surface area contributed by atoms with E-state index in [0.717, 1.165) is 36.0 Å². The first-order chi connectivity index (χ1) is 19.7. The summed E-state index contributed by atoms with van der Waals surface area (Å²) in [6, 6.07) is 20.9. The summed E-state index contributed by atoms with van der Waals surface area (Å²) in [5, 5.41) is 27.6. The van der Waals surface area contributed by atoms with E-state index in [9.17, 15) is 24.6 Å². The normalized spacial score (nSPS) is 22.6. The highest BCUT2D eigenvalue weighted by atomic mass is 16.3. The van der Waals surface area contributed by atoms with Crippen molar-refractivity contribution in [2.45, 2.75) is 58.2 Å². The lowest BCUT2D eigenvalue weighted by Crippen LogP contribution is -2.52. The molecule has 2 fully saturated rings. The molecule has 5 rings (SSSR count).